The summed E-state index contributed by atoms with van der Waals surface area (Å²) in [6, 6.07) is 25.1. The van der Waals surface area contributed by atoms with E-state index in [1.165, 1.54) is 16.3 Å². The topological polar surface area (TPSA) is 3.24 Å². The minimum atomic E-state index is 0.762. The third kappa shape index (κ3) is 3.55. The lowest BCUT2D eigenvalue weighted by Gasteiger charge is -2.15. The number of rotatable bonds is 3. The molecule has 1 nitrogen and oxygen atoms in total. The normalized spacial score (nSPS) is 10.5. The lowest BCUT2D eigenvalue weighted by atomic mass is 10.0. The molecule has 3 aromatic carbocycles. The summed E-state index contributed by atoms with van der Waals surface area (Å²) in [5.74, 6) is 6.45. The Morgan fingerprint density at radius 2 is 1.55 bits per heavy atom. The van der Waals surface area contributed by atoms with Gasteiger partial charge in [-0.25, -0.2) is 0 Å². The van der Waals surface area contributed by atoms with Crippen molar-refractivity contribution in [1.29, 1.82) is 0 Å². The minimum Gasteiger partial charge on any atom is -0.291 e. The van der Waals surface area contributed by atoms with E-state index in [9.17, 15) is 0 Å². The zero-order valence-corrected chi connectivity index (χ0v) is 12.8. The van der Waals surface area contributed by atoms with Crippen LogP contribution in [-0.4, -0.2) is 18.5 Å². The third-order valence-electron chi connectivity index (χ3n) is 3.68. The van der Waals surface area contributed by atoms with E-state index in [0.717, 1.165) is 18.7 Å². The van der Waals surface area contributed by atoms with E-state index < -0.39 is 0 Å². The van der Waals surface area contributed by atoms with Crippen molar-refractivity contribution in [3.8, 4) is 11.8 Å². The first kappa shape index (κ1) is 14.4. The first-order chi connectivity index (χ1) is 10.8. The van der Waals surface area contributed by atoms with Gasteiger partial charge in [-0.15, -0.1) is 0 Å². The average molecular weight is 285 g/mol. The van der Waals surface area contributed by atoms with Gasteiger partial charge >= 0.3 is 0 Å². The van der Waals surface area contributed by atoms with Gasteiger partial charge in [0.1, 0.15) is 0 Å². The zero-order chi connectivity index (χ0) is 15.2. The second-order valence-corrected chi connectivity index (χ2v) is 5.48. The standard InChI is InChI=1S/C21H19N/c1-22(16-8-11-18-9-3-2-4-10-18)17-20-14-7-13-19-12-5-6-15-21(19)20/h2-7,9-10,12-15H,16-17H2,1H3. The molecule has 0 saturated carbocycles. The molecule has 108 valence electrons. The number of nitrogens with zero attached hydrogens (tertiary/aromatic N) is 1. The number of benzene rings is 3. The van der Waals surface area contributed by atoms with Crippen LogP contribution in [0.15, 0.2) is 72.8 Å². The lowest BCUT2D eigenvalue weighted by molar-refractivity contribution is 0.370. The van der Waals surface area contributed by atoms with Crippen molar-refractivity contribution in [2.75, 3.05) is 13.6 Å². The Morgan fingerprint density at radius 3 is 2.41 bits per heavy atom. The van der Waals surface area contributed by atoms with Crippen molar-refractivity contribution in [3.05, 3.63) is 83.9 Å². The summed E-state index contributed by atoms with van der Waals surface area (Å²) in [7, 11) is 2.11. The minimum absolute atomic E-state index is 0.762. The molecule has 22 heavy (non-hydrogen) atoms. The van der Waals surface area contributed by atoms with Crippen molar-refractivity contribution in [2.24, 2.45) is 0 Å². The Labute approximate surface area is 132 Å². The molecule has 0 saturated heterocycles. The predicted octanol–water partition coefficient (Wildman–Crippen LogP) is 4.32. The first-order valence-corrected chi connectivity index (χ1v) is 7.52. The molecule has 0 spiro atoms. The molecule has 3 rings (SSSR count). The van der Waals surface area contributed by atoms with Crippen LogP contribution in [0.5, 0.6) is 0 Å². The van der Waals surface area contributed by atoms with Crippen LogP contribution in [-0.2, 0) is 6.54 Å². The van der Waals surface area contributed by atoms with E-state index in [4.69, 9.17) is 0 Å². The monoisotopic (exact) mass is 285 g/mol. The molecule has 0 radical (unpaired) electrons. The zero-order valence-electron chi connectivity index (χ0n) is 12.8. The maximum absolute atomic E-state index is 3.25. The van der Waals surface area contributed by atoms with Crippen LogP contribution in [0.2, 0.25) is 0 Å². The Bertz CT molecular complexity index is 804. The van der Waals surface area contributed by atoms with Crippen LogP contribution in [0, 0.1) is 11.8 Å². The number of hydrogen-bond donors (Lipinski definition) is 0. The summed E-state index contributed by atoms with van der Waals surface area (Å²) in [6.45, 7) is 1.67. The quantitative estimate of drug-likeness (QED) is 0.648. The van der Waals surface area contributed by atoms with Gasteiger partial charge in [0.15, 0.2) is 0 Å². The van der Waals surface area contributed by atoms with Gasteiger partial charge in [-0.2, -0.15) is 0 Å². The number of fused-ring (bicyclic) bond motifs is 1. The van der Waals surface area contributed by atoms with Gasteiger partial charge in [-0.05, 0) is 35.5 Å². The summed E-state index contributed by atoms with van der Waals surface area (Å²) in [6.07, 6.45) is 0. The lowest BCUT2D eigenvalue weighted by Crippen LogP contribution is -2.18. The molecule has 0 fully saturated rings. The first-order valence-electron chi connectivity index (χ1n) is 7.52. The molecular formula is C21H19N. The predicted molar refractivity (Wildman–Crippen MR) is 93.6 cm³/mol. The molecule has 0 N–H and O–H groups in total. The van der Waals surface area contributed by atoms with Crippen LogP contribution in [0.4, 0.5) is 0 Å². The molecule has 0 aliphatic carbocycles. The summed E-state index contributed by atoms with van der Waals surface area (Å²) in [5, 5.41) is 2.62. The highest BCUT2D eigenvalue weighted by Crippen LogP contribution is 2.19. The SMILES string of the molecule is CN(CC#Cc1ccccc1)Cc1cccc2ccccc12. The largest absolute Gasteiger partial charge is 0.291 e. The fourth-order valence-corrected chi connectivity index (χ4v) is 2.58. The molecule has 0 aromatic heterocycles. The van der Waals surface area contributed by atoms with Gasteiger partial charge in [0.05, 0.1) is 6.54 Å². The highest BCUT2D eigenvalue weighted by molar-refractivity contribution is 5.85. The second-order valence-electron chi connectivity index (χ2n) is 5.48. The van der Waals surface area contributed by atoms with Crippen molar-refractivity contribution < 1.29 is 0 Å². The molecule has 0 aliphatic rings. The molecule has 0 aliphatic heterocycles. The van der Waals surface area contributed by atoms with Gasteiger partial charge in [0.25, 0.3) is 0 Å². The van der Waals surface area contributed by atoms with E-state index >= 15 is 0 Å². The Balaban J connectivity index is 1.69. The molecule has 0 bridgehead atoms. The van der Waals surface area contributed by atoms with Crippen molar-refractivity contribution >= 4 is 10.8 Å². The third-order valence-corrected chi connectivity index (χ3v) is 3.68. The van der Waals surface area contributed by atoms with Gasteiger partial charge in [-0.3, -0.25) is 4.90 Å². The molecule has 0 atom stereocenters. The fraction of sp³-hybridized carbons (Fsp3) is 0.143. The van der Waals surface area contributed by atoms with Gasteiger partial charge < -0.3 is 0 Å². The second kappa shape index (κ2) is 6.93. The Hall–Kier alpha value is -2.56. The van der Waals surface area contributed by atoms with Crippen LogP contribution in [0.3, 0.4) is 0 Å². The van der Waals surface area contributed by atoms with Crippen LogP contribution >= 0.6 is 0 Å². The fourth-order valence-electron chi connectivity index (χ4n) is 2.58. The highest BCUT2D eigenvalue weighted by atomic mass is 15.1. The van der Waals surface area contributed by atoms with E-state index in [0.29, 0.717) is 0 Å². The van der Waals surface area contributed by atoms with Crippen LogP contribution in [0.1, 0.15) is 11.1 Å². The van der Waals surface area contributed by atoms with Crippen LogP contribution in [0.25, 0.3) is 10.8 Å². The van der Waals surface area contributed by atoms with E-state index in [1.807, 2.05) is 30.3 Å². The molecule has 1 heteroatoms. The van der Waals surface area contributed by atoms with E-state index in [2.05, 4.69) is 66.3 Å². The average Bonchev–Trinajstić information content (AvgIpc) is 2.56. The van der Waals surface area contributed by atoms with Crippen molar-refractivity contribution in [2.45, 2.75) is 6.54 Å². The maximum atomic E-state index is 3.25. The van der Waals surface area contributed by atoms with Gasteiger partial charge in [0.2, 0.25) is 0 Å². The van der Waals surface area contributed by atoms with Crippen molar-refractivity contribution in [3.63, 3.8) is 0 Å². The summed E-state index contributed by atoms with van der Waals surface area (Å²) >= 11 is 0. The van der Waals surface area contributed by atoms with Crippen LogP contribution < -0.4 is 0 Å². The molecule has 0 amide bonds. The number of hydrogen-bond acceptors (Lipinski definition) is 1. The summed E-state index contributed by atoms with van der Waals surface area (Å²) < 4.78 is 0. The summed E-state index contributed by atoms with van der Waals surface area (Å²) in [4.78, 5) is 2.25. The Kier molecular flexibility index (Phi) is 4.53. The van der Waals surface area contributed by atoms with E-state index in [-0.39, 0.29) is 0 Å². The smallest absolute Gasteiger partial charge is 0.0605 e. The Morgan fingerprint density at radius 1 is 0.818 bits per heavy atom. The van der Waals surface area contributed by atoms with Gasteiger partial charge in [-0.1, -0.05) is 72.5 Å². The highest BCUT2D eigenvalue weighted by Gasteiger charge is 2.03. The summed E-state index contributed by atoms with van der Waals surface area (Å²) in [5.41, 5.74) is 2.42. The molecule has 0 unspecified atom stereocenters. The van der Waals surface area contributed by atoms with Crippen molar-refractivity contribution in [1.82, 2.24) is 4.90 Å². The molecular weight excluding hydrogens is 266 g/mol. The van der Waals surface area contributed by atoms with E-state index in [1.54, 1.807) is 0 Å². The van der Waals surface area contributed by atoms with Gasteiger partial charge in [0, 0.05) is 12.1 Å². The molecule has 3 aromatic rings. The maximum Gasteiger partial charge on any atom is 0.0605 e. The molecule has 0 heterocycles.